The van der Waals surface area contributed by atoms with E-state index in [9.17, 15) is 18.0 Å². The van der Waals surface area contributed by atoms with Gasteiger partial charge in [-0.1, -0.05) is 6.07 Å². The molecule has 6 nitrogen and oxygen atoms in total. The molecule has 0 radical (unpaired) electrons. The summed E-state index contributed by atoms with van der Waals surface area (Å²) in [5, 5.41) is 4.23. The summed E-state index contributed by atoms with van der Waals surface area (Å²) in [7, 11) is 0. The van der Waals surface area contributed by atoms with Gasteiger partial charge in [-0.2, -0.15) is 23.0 Å². The van der Waals surface area contributed by atoms with Gasteiger partial charge in [0.2, 0.25) is 0 Å². The van der Waals surface area contributed by atoms with Crippen molar-refractivity contribution in [2.45, 2.75) is 38.9 Å². The van der Waals surface area contributed by atoms with E-state index in [4.69, 9.17) is 0 Å². The molecule has 1 saturated carbocycles. The first kappa shape index (κ1) is 21.0. The number of rotatable bonds is 6. The van der Waals surface area contributed by atoms with E-state index in [1.807, 2.05) is 13.0 Å². The number of hydrogen-bond donors (Lipinski definition) is 0. The van der Waals surface area contributed by atoms with Crippen LogP contribution in [0.5, 0.6) is 0 Å². The number of carbonyl (C=O) groups excluding carboxylic acids is 1. The molecular weight excluding hydrogens is 407 g/mol. The van der Waals surface area contributed by atoms with E-state index in [2.05, 4.69) is 15.1 Å². The molecule has 0 aliphatic heterocycles. The van der Waals surface area contributed by atoms with Gasteiger partial charge in [0.15, 0.2) is 11.6 Å². The van der Waals surface area contributed by atoms with E-state index in [-0.39, 0.29) is 5.56 Å². The van der Waals surface area contributed by atoms with Crippen molar-refractivity contribution in [1.82, 2.24) is 24.6 Å². The second kappa shape index (κ2) is 8.13. The maximum atomic E-state index is 13.4. The van der Waals surface area contributed by atoms with Crippen molar-refractivity contribution in [3.8, 4) is 5.82 Å². The maximum absolute atomic E-state index is 13.4. The number of amides is 1. The molecule has 1 aliphatic rings. The highest BCUT2D eigenvalue weighted by Gasteiger charge is 2.35. The van der Waals surface area contributed by atoms with Gasteiger partial charge in [0.1, 0.15) is 6.33 Å². The molecule has 1 fully saturated rings. The fourth-order valence-electron chi connectivity index (χ4n) is 3.56. The van der Waals surface area contributed by atoms with Crippen LogP contribution in [-0.2, 0) is 6.18 Å². The van der Waals surface area contributed by atoms with Crippen LogP contribution < -0.4 is 0 Å². The number of aromatic nitrogens is 4. The Labute approximate surface area is 177 Å². The number of carbonyl (C=O) groups is 1. The lowest BCUT2D eigenvalue weighted by Crippen LogP contribution is -2.37. The van der Waals surface area contributed by atoms with E-state index in [1.165, 1.54) is 12.4 Å². The Kier molecular flexibility index (Phi) is 5.51. The fraction of sp³-hybridized carbons (Fsp3) is 0.364. The minimum Gasteiger partial charge on any atom is -0.328 e. The van der Waals surface area contributed by atoms with Gasteiger partial charge in [0.05, 0.1) is 11.6 Å². The summed E-state index contributed by atoms with van der Waals surface area (Å²) in [6.07, 6.45) is 0.474. The monoisotopic (exact) mass is 429 g/mol. The Morgan fingerprint density at radius 2 is 2.00 bits per heavy atom. The summed E-state index contributed by atoms with van der Waals surface area (Å²) in [5.74, 6) is 0.931. The predicted octanol–water partition coefficient (Wildman–Crippen LogP) is 4.60. The number of halogens is 3. The zero-order valence-electron chi connectivity index (χ0n) is 17.2. The normalized spacial score (nSPS) is 15.0. The molecule has 0 N–H and O–H groups in total. The summed E-state index contributed by atoms with van der Waals surface area (Å²) >= 11 is 0. The minimum atomic E-state index is -4.52. The average molecular weight is 429 g/mol. The molecule has 1 unspecified atom stereocenters. The smallest absolute Gasteiger partial charge is 0.328 e. The molecule has 0 saturated heterocycles. The third-order valence-electron chi connectivity index (χ3n) is 5.35. The Bertz CT molecular complexity index is 1080. The van der Waals surface area contributed by atoms with Crippen molar-refractivity contribution in [2.24, 2.45) is 5.92 Å². The highest BCUT2D eigenvalue weighted by Crippen LogP contribution is 2.35. The van der Waals surface area contributed by atoms with Crippen LogP contribution in [0.4, 0.5) is 13.2 Å². The van der Waals surface area contributed by atoms with E-state index in [1.54, 1.807) is 34.8 Å². The molecule has 1 aromatic carbocycles. The van der Waals surface area contributed by atoms with E-state index >= 15 is 0 Å². The zero-order chi connectivity index (χ0) is 22.2. The number of pyridine rings is 1. The molecule has 9 heteroatoms. The molecule has 1 aliphatic carbocycles. The van der Waals surface area contributed by atoms with E-state index in [0.29, 0.717) is 29.7 Å². The third-order valence-corrected chi connectivity index (χ3v) is 5.35. The molecule has 162 valence electrons. The summed E-state index contributed by atoms with van der Waals surface area (Å²) < 4.78 is 41.5. The average Bonchev–Trinajstić information content (AvgIpc) is 3.43. The highest BCUT2D eigenvalue weighted by molar-refractivity contribution is 5.95. The number of nitrogens with zero attached hydrogens (tertiary/aromatic N) is 5. The van der Waals surface area contributed by atoms with Crippen LogP contribution in [0.25, 0.3) is 5.82 Å². The first-order chi connectivity index (χ1) is 14.7. The fourth-order valence-corrected chi connectivity index (χ4v) is 3.56. The van der Waals surface area contributed by atoms with Gasteiger partial charge in [-0.3, -0.25) is 4.79 Å². The number of hydrogen-bond acceptors (Lipinski definition) is 4. The molecule has 2 aromatic heterocycles. The van der Waals surface area contributed by atoms with Crippen LogP contribution in [0.2, 0.25) is 0 Å². The maximum Gasteiger partial charge on any atom is 0.416 e. The van der Waals surface area contributed by atoms with Gasteiger partial charge in [0.25, 0.3) is 5.91 Å². The van der Waals surface area contributed by atoms with Crippen molar-refractivity contribution in [3.05, 3.63) is 71.4 Å². The Balaban J connectivity index is 1.70. The molecule has 31 heavy (non-hydrogen) atoms. The molecule has 0 bridgehead atoms. The first-order valence-electron chi connectivity index (χ1n) is 10.0. The minimum absolute atomic E-state index is 0.0173. The van der Waals surface area contributed by atoms with Crippen molar-refractivity contribution < 1.29 is 18.0 Å². The summed E-state index contributed by atoms with van der Waals surface area (Å²) in [5.41, 5.74) is -0.427. The van der Waals surface area contributed by atoms with Gasteiger partial charge in [0, 0.05) is 18.3 Å². The van der Waals surface area contributed by atoms with Crippen LogP contribution >= 0.6 is 0 Å². The first-order valence-corrected chi connectivity index (χ1v) is 10.0. The van der Waals surface area contributed by atoms with Crippen molar-refractivity contribution >= 4 is 5.91 Å². The summed E-state index contributed by atoms with van der Waals surface area (Å²) in [4.78, 5) is 23.6. The standard InChI is InChI=1S/C22H22F3N5O/c1-14-9-17(11-18(10-14)22(23,24)25)21(31)29(12-16-6-7-16)15(2)20-27-13-28-30(20)19-5-3-4-8-26-19/h3-5,8-11,13,15-16H,6-7,12H2,1-2H3. The summed E-state index contributed by atoms with van der Waals surface area (Å²) in [6.45, 7) is 3.81. The largest absolute Gasteiger partial charge is 0.416 e. The van der Waals surface area contributed by atoms with Crippen LogP contribution in [0.15, 0.2) is 48.9 Å². The molecule has 1 amide bonds. The zero-order valence-corrected chi connectivity index (χ0v) is 17.2. The van der Waals surface area contributed by atoms with Crippen LogP contribution in [0.3, 0.4) is 0 Å². The van der Waals surface area contributed by atoms with Crippen molar-refractivity contribution in [1.29, 1.82) is 0 Å². The molecular formula is C22H22F3N5O. The molecule has 0 spiro atoms. The Hall–Kier alpha value is -3.23. The van der Waals surface area contributed by atoms with Crippen molar-refractivity contribution in [3.63, 3.8) is 0 Å². The molecule has 1 atom stereocenters. The van der Waals surface area contributed by atoms with Gasteiger partial charge >= 0.3 is 6.18 Å². The second-order valence-electron chi connectivity index (χ2n) is 7.88. The lowest BCUT2D eigenvalue weighted by molar-refractivity contribution is -0.137. The Morgan fingerprint density at radius 3 is 2.65 bits per heavy atom. The highest BCUT2D eigenvalue weighted by atomic mass is 19.4. The van der Waals surface area contributed by atoms with Crippen LogP contribution in [0.1, 0.15) is 53.1 Å². The third kappa shape index (κ3) is 4.60. The number of aryl methyl sites for hydroxylation is 1. The topological polar surface area (TPSA) is 63.9 Å². The number of benzene rings is 1. The summed E-state index contributed by atoms with van der Waals surface area (Å²) in [6, 6.07) is 8.32. The second-order valence-corrected chi connectivity index (χ2v) is 7.88. The van der Waals surface area contributed by atoms with Crippen LogP contribution in [-0.4, -0.2) is 37.1 Å². The number of alkyl halides is 3. The van der Waals surface area contributed by atoms with Crippen molar-refractivity contribution in [2.75, 3.05) is 6.54 Å². The van der Waals surface area contributed by atoms with E-state index < -0.39 is 23.7 Å². The van der Waals surface area contributed by atoms with Gasteiger partial charge < -0.3 is 4.90 Å². The quantitative estimate of drug-likeness (QED) is 0.574. The SMILES string of the molecule is Cc1cc(C(=O)N(CC2CC2)C(C)c2ncnn2-c2ccccn2)cc(C(F)(F)F)c1. The van der Waals surface area contributed by atoms with Gasteiger partial charge in [-0.15, -0.1) is 0 Å². The Morgan fingerprint density at radius 1 is 1.23 bits per heavy atom. The molecule has 4 rings (SSSR count). The molecule has 2 heterocycles. The lowest BCUT2D eigenvalue weighted by atomic mass is 10.0. The lowest BCUT2D eigenvalue weighted by Gasteiger charge is -2.29. The van der Waals surface area contributed by atoms with Gasteiger partial charge in [-0.25, -0.2) is 9.97 Å². The van der Waals surface area contributed by atoms with Gasteiger partial charge in [-0.05, 0) is 68.5 Å². The predicted molar refractivity (Wildman–Crippen MR) is 108 cm³/mol. The van der Waals surface area contributed by atoms with Crippen LogP contribution in [0, 0.1) is 12.8 Å². The molecule has 3 aromatic rings. The van der Waals surface area contributed by atoms with E-state index in [0.717, 1.165) is 25.0 Å².